The van der Waals surface area contributed by atoms with Crippen LogP contribution in [-0.4, -0.2) is 28.2 Å². The van der Waals surface area contributed by atoms with Crippen molar-refractivity contribution < 1.29 is 21.1 Å². The van der Waals surface area contributed by atoms with E-state index in [1.54, 1.807) is 0 Å². The van der Waals surface area contributed by atoms with Gasteiger partial charge in [-0.05, 0) is 134 Å². The van der Waals surface area contributed by atoms with Gasteiger partial charge in [-0.3, -0.25) is 0 Å². The maximum atomic E-state index is 4.83. The van der Waals surface area contributed by atoms with E-state index in [0.717, 1.165) is 39.4 Å². The molecule has 0 saturated carbocycles. The third-order valence-electron chi connectivity index (χ3n) is 16.9. The van der Waals surface area contributed by atoms with E-state index in [-0.39, 0.29) is 31.9 Å². The molecule has 0 atom stereocenters. The van der Waals surface area contributed by atoms with Gasteiger partial charge in [-0.15, -0.1) is 10.8 Å². The van der Waals surface area contributed by atoms with Crippen LogP contribution >= 0.6 is 0 Å². The van der Waals surface area contributed by atoms with Gasteiger partial charge in [0.25, 0.3) is 0 Å². The van der Waals surface area contributed by atoms with Gasteiger partial charge in [0, 0.05) is 61.9 Å². The van der Waals surface area contributed by atoms with Crippen molar-refractivity contribution >= 4 is 87.2 Å². The monoisotopic (exact) mass is 1280 g/mol. The molecular formula is C78H60N6Pt. The van der Waals surface area contributed by atoms with Gasteiger partial charge < -0.3 is 18.3 Å². The van der Waals surface area contributed by atoms with Crippen LogP contribution in [0.5, 0.6) is 0 Å². The van der Waals surface area contributed by atoms with Gasteiger partial charge in [-0.25, -0.2) is 9.97 Å². The molecule has 0 aliphatic carbocycles. The molecule has 6 heterocycles. The number of fused-ring (bicyclic) bond motifs is 12. The fraction of sp³-hybridized carbons (Fsp3) is 0.103. The summed E-state index contributed by atoms with van der Waals surface area (Å²) in [7, 11) is 0. The maximum absolute atomic E-state index is 4.83. The molecule has 0 aliphatic heterocycles. The summed E-state index contributed by atoms with van der Waals surface area (Å²) in [4.78, 5) is 9.63. The molecule has 0 aliphatic rings. The van der Waals surface area contributed by atoms with Gasteiger partial charge in [-0.2, -0.15) is 48.5 Å². The molecule has 0 N–H and O–H groups in total. The van der Waals surface area contributed by atoms with Gasteiger partial charge in [0.2, 0.25) is 0 Å². The molecule has 10 aromatic carbocycles. The summed E-state index contributed by atoms with van der Waals surface area (Å²) in [5.41, 5.74) is 18.9. The largest absolute Gasteiger partial charge is 2.00 e. The SMILES string of the molecule is CC(C)(C)c1ccnc(-n2c3[c-]cccc3c3cc(-c4ccc5c(c4)c4ccccc4n5-c4ccccc4)ccc32)c1.CC(C)(C)c1ccnc(-n2c3[c-]cccc3c3cc(-c4cccc5c6ccccc6n(-c6ccccc6)c45)ccc32)c1.[Pt+2]. The molecule has 412 valence electrons. The minimum atomic E-state index is 0. The van der Waals surface area contributed by atoms with E-state index in [2.05, 4.69) is 302 Å². The molecule has 6 nitrogen and oxygen atoms in total. The van der Waals surface area contributed by atoms with Crippen molar-refractivity contribution in [2.75, 3.05) is 0 Å². The molecule has 85 heavy (non-hydrogen) atoms. The van der Waals surface area contributed by atoms with E-state index in [1.165, 1.54) is 104 Å². The molecule has 16 aromatic rings. The first kappa shape index (κ1) is 53.4. The van der Waals surface area contributed by atoms with Gasteiger partial charge >= 0.3 is 21.1 Å². The number of benzene rings is 10. The Kier molecular flexibility index (Phi) is 13.1. The van der Waals surface area contributed by atoms with Crippen molar-refractivity contribution in [3.63, 3.8) is 0 Å². The average molecular weight is 1280 g/mol. The first-order valence-corrected chi connectivity index (χ1v) is 29.0. The number of rotatable bonds is 6. The van der Waals surface area contributed by atoms with Crippen LogP contribution in [0, 0.1) is 12.1 Å². The van der Waals surface area contributed by atoms with Crippen molar-refractivity contribution in [1.82, 2.24) is 28.2 Å². The summed E-state index contributed by atoms with van der Waals surface area (Å²) in [6, 6.07) is 94.1. The average Bonchev–Trinajstić information content (AvgIpc) is 3.37. The van der Waals surface area contributed by atoms with Crippen molar-refractivity contribution in [2.24, 2.45) is 0 Å². The van der Waals surface area contributed by atoms with Gasteiger partial charge in [0.15, 0.2) is 0 Å². The molecular weight excluding hydrogens is 1220 g/mol. The Labute approximate surface area is 509 Å². The molecule has 6 aromatic heterocycles. The van der Waals surface area contributed by atoms with E-state index in [0.29, 0.717) is 0 Å². The molecule has 7 heteroatoms. The predicted octanol–water partition coefficient (Wildman–Crippen LogP) is 20.1. The second kappa shape index (κ2) is 20.9. The third kappa shape index (κ3) is 9.06. The predicted molar refractivity (Wildman–Crippen MR) is 352 cm³/mol. The Balaban J connectivity index is 0.000000149. The van der Waals surface area contributed by atoms with Crippen LogP contribution in [0.1, 0.15) is 52.7 Å². The minimum absolute atomic E-state index is 0. The van der Waals surface area contributed by atoms with Gasteiger partial charge in [-0.1, -0.05) is 174 Å². The number of nitrogens with zero attached hydrogens (tertiary/aromatic N) is 6. The van der Waals surface area contributed by atoms with Gasteiger partial charge in [0.1, 0.15) is 11.6 Å². The summed E-state index contributed by atoms with van der Waals surface area (Å²) < 4.78 is 9.27. The summed E-state index contributed by atoms with van der Waals surface area (Å²) in [5.74, 6) is 1.84. The maximum Gasteiger partial charge on any atom is 2.00 e. The summed E-state index contributed by atoms with van der Waals surface area (Å²) >= 11 is 0. The standard InChI is InChI=1S/2C39H30N3.Pt/c1-39(2,3)27-22-23-40-37(25-27)42-35-19-10-8-15-31(35)33-24-26(20-21-36(33)42)29-16-11-17-32-30-14-7-9-18-34(30)41(38(29)32)28-12-5-4-6-13-28;1-39(2,3)28-21-22-40-38(25-28)42-35-16-10-8-14-31(35)33-24-27(18-20-37(33)42)26-17-19-36-32(23-26)30-13-7-9-15-34(30)41(36)29-11-5-4-6-12-29;/h4-18,20-25H,1-3H3;4-15,17-25H,1-3H3;/q2*-1;+2. The zero-order chi connectivity index (χ0) is 56.8. The zero-order valence-corrected chi connectivity index (χ0v) is 50.5. The van der Waals surface area contributed by atoms with Gasteiger partial charge in [0.05, 0.1) is 22.1 Å². The second-order valence-corrected chi connectivity index (χ2v) is 24.1. The molecule has 0 fully saturated rings. The number of hydrogen-bond donors (Lipinski definition) is 0. The van der Waals surface area contributed by atoms with Crippen molar-refractivity contribution in [1.29, 1.82) is 0 Å². The Hall–Kier alpha value is -9.61. The molecule has 0 spiro atoms. The smallest absolute Gasteiger partial charge is 0.319 e. The number of hydrogen-bond acceptors (Lipinski definition) is 2. The van der Waals surface area contributed by atoms with E-state index < -0.39 is 0 Å². The van der Waals surface area contributed by atoms with Crippen molar-refractivity contribution in [3.8, 4) is 45.3 Å². The topological polar surface area (TPSA) is 45.5 Å². The number of aromatic nitrogens is 6. The first-order valence-electron chi connectivity index (χ1n) is 29.0. The zero-order valence-electron chi connectivity index (χ0n) is 48.2. The van der Waals surface area contributed by atoms with Crippen molar-refractivity contribution in [3.05, 3.63) is 278 Å². The second-order valence-electron chi connectivity index (χ2n) is 24.1. The van der Waals surface area contributed by atoms with Crippen molar-refractivity contribution in [2.45, 2.75) is 52.4 Å². The molecule has 0 radical (unpaired) electrons. The molecule has 0 saturated heterocycles. The summed E-state index contributed by atoms with van der Waals surface area (Å²) in [5, 5.41) is 9.78. The molecule has 0 bridgehead atoms. The van der Waals surface area contributed by atoms with E-state index in [1.807, 2.05) is 24.5 Å². The quantitative estimate of drug-likeness (QED) is 0.156. The number of para-hydroxylation sites is 7. The van der Waals surface area contributed by atoms with Crippen LogP contribution in [0.2, 0.25) is 0 Å². The molecule has 16 rings (SSSR count). The fourth-order valence-corrected chi connectivity index (χ4v) is 12.7. The summed E-state index contributed by atoms with van der Waals surface area (Å²) in [6.45, 7) is 13.4. The van der Waals surface area contributed by atoms with Crippen LogP contribution < -0.4 is 0 Å². The van der Waals surface area contributed by atoms with E-state index in [9.17, 15) is 0 Å². The minimum Gasteiger partial charge on any atom is -0.319 e. The third-order valence-corrected chi connectivity index (χ3v) is 16.9. The Morgan fingerprint density at radius 1 is 0.318 bits per heavy atom. The molecule has 0 amide bonds. The van der Waals surface area contributed by atoms with Crippen LogP contribution in [0.3, 0.4) is 0 Å². The Morgan fingerprint density at radius 2 is 0.718 bits per heavy atom. The van der Waals surface area contributed by atoms with Crippen LogP contribution in [0.15, 0.2) is 255 Å². The normalized spacial score (nSPS) is 12.0. The number of pyridine rings is 2. The van der Waals surface area contributed by atoms with Crippen LogP contribution in [0.4, 0.5) is 0 Å². The summed E-state index contributed by atoms with van der Waals surface area (Å²) in [6.07, 6.45) is 3.85. The van der Waals surface area contributed by atoms with E-state index >= 15 is 0 Å². The van der Waals surface area contributed by atoms with Crippen LogP contribution in [0.25, 0.3) is 132 Å². The fourth-order valence-electron chi connectivity index (χ4n) is 12.7. The first-order chi connectivity index (χ1) is 41.0. The molecule has 0 unspecified atom stereocenters. The van der Waals surface area contributed by atoms with Crippen LogP contribution in [-0.2, 0) is 31.9 Å². The van der Waals surface area contributed by atoms with E-state index in [4.69, 9.17) is 9.97 Å². The Morgan fingerprint density at radius 3 is 1.25 bits per heavy atom. The Bertz CT molecular complexity index is 5210.